The Kier molecular flexibility index (Phi) is 6.92. The molecule has 1 atom stereocenters. The average molecular weight is 528 g/mol. The van der Waals surface area contributed by atoms with Crippen molar-refractivity contribution in [2.75, 3.05) is 7.11 Å². The second-order valence-corrected chi connectivity index (χ2v) is 8.54. The first-order chi connectivity index (χ1) is 16.4. The standard InChI is InChI=1S/C23H22BrN5O5/c1-14(19-5-3-16(12-27-19)33-20-6-4-15(32-2)9-18(20)24)28-21(30)23(7-8-23)29-22(31)34-17-10-25-13-26-11-17/h3-6,9-14H,7-8H2,1-2H3,(H,28,30)(H,29,31)/t14-/m1/s1. The van der Waals surface area contributed by atoms with Crippen molar-refractivity contribution in [1.82, 2.24) is 25.6 Å². The normalized spacial score (nSPS) is 14.4. The fraction of sp³-hybridized carbons (Fsp3) is 0.261. The lowest BCUT2D eigenvalue weighted by Crippen LogP contribution is -2.50. The van der Waals surface area contributed by atoms with E-state index in [1.54, 1.807) is 43.6 Å². The smallest absolute Gasteiger partial charge is 0.413 e. The molecule has 1 saturated carbocycles. The summed E-state index contributed by atoms with van der Waals surface area (Å²) in [7, 11) is 1.60. The van der Waals surface area contributed by atoms with Crippen LogP contribution in [0.3, 0.4) is 0 Å². The number of methoxy groups -OCH3 is 1. The zero-order chi connectivity index (χ0) is 24.1. The van der Waals surface area contributed by atoms with Gasteiger partial charge in [0.15, 0.2) is 5.75 Å². The van der Waals surface area contributed by atoms with Gasteiger partial charge in [-0.15, -0.1) is 0 Å². The lowest BCUT2D eigenvalue weighted by Gasteiger charge is -2.20. The van der Waals surface area contributed by atoms with Crippen molar-refractivity contribution < 1.29 is 23.8 Å². The number of ether oxygens (including phenoxy) is 3. The maximum atomic E-state index is 12.8. The molecular formula is C23H22BrN5O5. The van der Waals surface area contributed by atoms with E-state index in [9.17, 15) is 9.59 Å². The lowest BCUT2D eigenvalue weighted by molar-refractivity contribution is -0.124. The van der Waals surface area contributed by atoms with Crippen molar-refractivity contribution in [3.8, 4) is 23.0 Å². The van der Waals surface area contributed by atoms with E-state index >= 15 is 0 Å². The molecule has 34 heavy (non-hydrogen) atoms. The highest BCUT2D eigenvalue weighted by atomic mass is 79.9. The molecule has 0 saturated heterocycles. The number of nitrogens with zero attached hydrogens (tertiary/aromatic N) is 3. The molecule has 1 aromatic carbocycles. The van der Waals surface area contributed by atoms with Crippen LogP contribution in [0, 0.1) is 0 Å². The number of hydrogen-bond acceptors (Lipinski definition) is 8. The molecule has 2 aromatic heterocycles. The zero-order valence-corrected chi connectivity index (χ0v) is 20.0. The number of aromatic nitrogens is 3. The largest absolute Gasteiger partial charge is 0.497 e. The van der Waals surface area contributed by atoms with Gasteiger partial charge in [-0.25, -0.2) is 14.8 Å². The van der Waals surface area contributed by atoms with E-state index < -0.39 is 11.6 Å². The number of amides is 2. The van der Waals surface area contributed by atoms with Gasteiger partial charge in [-0.3, -0.25) is 9.78 Å². The van der Waals surface area contributed by atoms with Gasteiger partial charge in [-0.2, -0.15) is 0 Å². The van der Waals surface area contributed by atoms with Crippen LogP contribution in [0.4, 0.5) is 4.79 Å². The summed E-state index contributed by atoms with van der Waals surface area (Å²) in [4.78, 5) is 37.0. The van der Waals surface area contributed by atoms with E-state index in [2.05, 4.69) is 41.5 Å². The number of halogens is 1. The van der Waals surface area contributed by atoms with Crippen molar-refractivity contribution in [2.24, 2.45) is 0 Å². The van der Waals surface area contributed by atoms with E-state index in [0.717, 1.165) is 4.47 Å². The molecule has 2 N–H and O–H groups in total. The Morgan fingerprint density at radius 3 is 2.41 bits per heavy atom. The van der Waals surface area contributed by atoms with E-state index in [1.807, 2.05) is 6.92 Å². The van der Waals surface area contributed by atoms with Crippen molar-refractivity contribution in [2.45, 2.75) is 31.3 Å². The van der Waals surface area contributed by atoms with Crippen molar-refractivity contribution in [1.29, 1.82) is 0 Å². The van der Waals surface area contributed by atoms with Crippen LogP contribution in [0.1, 0.15) is 31.5 Å². The molecule has 0 aliphatic heterocycles. The summed E-state index contributed by atoms with van der Waals surface area (Å²) in [6, 6.07) is 8.55. The third kappa shape index (κ3) is 5.60. The SMILES string of the molecule is COc1ccc(Oc2ccc([C@@H](C)NC(=O)C3(NC(=O)Oc4cncnc4)CC3)nc2)c(Br)c1. The molecule has 1 aliphatic rings. The summed E-state index contributed by atoms with van der Waals surface area (Å²) in [5.74, 6) is 1.76. The Morgan fingerprint density at radius 1 is 1.06 bits per heavy atom. The Balaban J connectivity index is 1.33. The van der Waals surface area contributed by atoms with E-state index in [1.165, 1.54) is 18.7 Å². The quantitative estimate of drug-likeness (QED) is 0.451. The van der Waals surface area contributed by atoms with Crippen LogP contribution in [0.15, 0.2) is 59.7 Å². The molecule has 0 bridgehead atoms. The van der Waals surface area contributed by atoms with Gasteiger partial charge < -0.3 is 24.8 Å². The van der Waals surface area contributed by atoms with Crippen molar-refractivity contribution in [3.63, 3.8) is 0 Å². The maximum absolute atomic E-state index is 12.8. The van der Waals surface area contributed by atoms with Gasteiger partial charge in [0.05, 0.1) is 41.9 Å². The molecule has 0 unspecified atom stereocenters. The second-order valence-electron chi connectivity index (χ2n) is 7.68. The van der Waals surface area contributed by atoms with E-state index in [-0.39, 0.29) is 17.7 Å². The van der Waals surface area contributed by atoms with Crippen LogP contribution in [-0.4, -0.2) is 39.6 Å². The number of pyridine rings is 1. The molecular weight excluding hydrogens is 506 g/mol. The Labute approximate surface area is 204 Å². The van der Waals surface area contributed by atoms with Gasteiger partial charge >= 0.3 is 6.09 Å². The lowest BCUT2D eigenvalue weighted by atomic mass is 10.1. The van der Waals surface area contributed by atoms with Crippen LogP contribution < -0.4 is 24.8 Å². The summed E-state index contributed by atoms with van der Waals surface area (Å²) >= 11 is 3.45. The van der Waals surface area contributed by atoms with Crippen LogP contribution in [0.25, 0.3) is 0 Å². The molecule has 0 spiro atoms. The summed E-state index contributed by atoms with van der Waals surface area (Å²) in [6.45, 7) is 1.82. The summed E-state index contributed by atoms with van der Waals surface area (Å²) in [6.07, 6.45) is 5.93. The van der Waals surface area contributed by atoms with E-state index in [4.69, 9.17) is 14.2 Å². The molecule has 2 heterocycles. The van der Waals surface area contributed by atoms with Gasteiger partial charge in [-0.1, -0.05) is 0 Å². The first kappa shape index (κ1) is 23.4. The topological polar surface area (TPSA) is 125 Å². The molecule has 3 aromatic rings. The molecule has 1 aliphatic carbocycles. The first-order valence-electron chi connectivity index (χ1n) is 10.4. The van der Waals surface area contributed by atoms with Crippen LogP contribution >= 0.6 is 15.9 Å². The fourth-order valence-corrected chi connectivity index (χ4v) is 3.57. The van der Waals surface area contributed by atoms with E-state index in [0.29, 0.717) is 35.8 Å². The Bertz CT molecular complexity index is 1170. The minimum atomic E-state index is -0.995. The molecule has 2 amide bonds. The average Bonchev–Trinajstić information content (AvgIpc) is 3.62. The third-order valence-electron chi connectivity index (χ3n) is 5.19. The molecule has 10 nitrogen and oxygen atoms in total. The summed E-state index contributed by atoms with van der Waals surface area (Å²) in [5, 5.41) is 5.54. The highest BCUT2D eigenvalue weighted by Gasteiger charge is 2.52. The zero-order valence-electron chi connectivity index (χ0n) is 18.4. The highest BCUT2D eigenvalue weighted by molar-refractivity contribution is 9.10. The monoisotopic (exact) mass is 527 g/mol. The molecule has 4 rings (SSSR count). The summed E-state index contributed by atoms with van der Waals surface area (Å²) in [5.41, 5.74) is -0.348. The Hall–Kier alpha value is -3.73. The fourth-order valence-electron chi connectivity index (χ4n) is 3.14. The predicted octanol–water partition coefficient (Wildman–Crippen LogP) is 3.93. The molecule has 0 radical (unpaired) electrons. The van der Waals surface area contributed by atoms with Crippen LogP contribution in [-0.2, 0) is 4.79 Å². The highest BCUT2D eigenvalue weighted by Crippen LogP contribution is 2.36. The third-order valence-corrected chi connectivity index (χ3v) is 5.81. The number of carbonyl (C=O) groups is 2. The molecule has 1 fully saturated rings. The van der Waals surface area contributed by atoms with Crippen LogP contribution in [0.2, 0.25) is 0 Å². The minimum Gasteiger partial charge on any atom is -0.497 e. The molecule has 11 heteroatoms. The second kappa shape index (κ2) is 10.0. The number of nitrogens with one attached hydrogen (secondary N) is 2. The van der Waals surface area contributed by atoms with Gasteiger partial charge in [0.1, 0.15) is 29.1 Å². The number of rotatable bonds is 8. The minimum absolute atomic E-state index is 0.192. The maximum Gasteiger partial charge on any atom is 0.413 e. The predicted molar refractivity (Wildman–Crippen MR) is 125 cm³/mol. The number of carbonyl (C=O) groups excluding carboxylic acids is 2. The van der Waals surface area contributed by atoms with Crippen molar-refractivity contribution in [3.05, 3.63) is 65.4 Å². The first-order valence-corrected chi connectivity index (χ1v) is 11.2. The number of benzene rings is 1. The molecule has 176 valence electrons. The van der Waals surface area contributed by atoms with Crippen LogP contribution in [0.5, 0.6) is 23.0 Å². The van der Waals surface area contributed by atoms with Crippen molar-refractivity contribution >= 4 is 27.9 Å². The number of hydrogen-bond donors (Lipinski definition) is 2. The van der Waals surface area contributed by atoms with Gasteiger partial charge in [0.25, 0.3) is 0 Å². The van der Waals surface area contributed by atoms with Gasteiger partial charge in [0.2, 0.25) is 5.91 Å². The Morgan fingerprint density at radius 2 is 1.79 bits per heavy atom. The van der Waals surface area contributed by atoms with Gasteiger partial charge in [-0.05, 0) is 66.0 Å². The summed E-state index contributed by atoms with van der Waals surface area (Å²) < 4.78 is 16.9. The van der Waals surface area contributed by atoms with Gasteiger partial charge in [0, 0.05) is 0 Å².